The summed E-state index contributed by atoms with van der Waals surface area (Å²) >= 11 is 0. The molecule has 2 rings (SSSR count). The average molecular weight is 359 g/mol. The van der Waals surface area contributed by atoms with Gasteiger partial charge in [0.25, 0.3) is 0 Å². The quantitative estimate of drug-likeness (QED) is 0.878. The van der Waals surface area contributed by atoms with Crippen molar-refractivity contribution in [2.24, 2.45) is 0 Å². The Labute approximate surface area is 155 Å². The maximum atomic E-state index is 12.4. The van der Waals surface area contributed by atoms with E-state index in [2.05, 4.69) is 5.32 Å². The molecule has 0 atom stereocenters. The number of hydrogen-bond acceptors (Lipinski definition) is 3. The normalized spacial score (nSPS) is 14.8. The molecular formula is C20H29N3O3. The van der Waals surface area contributed by atoms with Crippen LogP contribution < -0.4 is 5.32 Å². The van der Waals surface area contributed by atoms with Crippen LogP contribution in [0.5, 0.6) is 0 Å². The second-order valence-electron chi connectivity index (χ2n) is 7.20. The first-order chi connectivity index (χ1) is 12.3. The first-order valence-electron chi connectivity index (χ1n) is 9.17. The van der Waals surface area contributed by atoms with Crippen molar-refractivity contribution in [1.29, 1.82) is 0 Å². The van der Waals surface area contributed by atoms with Crippen molar-refractivity contribution in [3.8, 4) is 0 Å². The van der Waals surface area contributed by atoms with Crippen molar-refractivity contribution in [3.05, 3.63) is 28.8 Å². The molecule has 3 amide bonds. The molecular weight excluding hydrogens is 330 g/mol. The zero-order valence-electron chi connectivity index (χ0n) is 16.2. The van der Waals surface area contributed by atoms with Gasteiger partial charge in [-0.05, 0) is 44.7 Å². The zero-order chi connectivity index (χ0) is 19.3. The largest absolute Gasteiger partial charge is 0.335 e. The van der Waals surface area contributed by atoms with E-state index in [0.29, 0.717) is 13.0 Å². The smallest absolute Gasteiger partial charge is 0.243 e. The minimum Gasteiger partial charge on any atom is -0.335 e. The first-order valence-corrected chi connectivity index (χ1v) is 9.17. The third-order valence-corrected chi connectivity index (χ3v) is 4.75. The van der Waals surface area contributed by atoms with Gasteiger partial charge >= 0.3 is 0 Å². The van der Waals surface area contributed by atoms with Gasteiger partial charge in [-0.15, -0.1) is 0 Å². The van der Waals surface area contributed by atoms with Crippen LogP contribution in [0, 0.1) is 20.8 Å². The number of benzene rings is 1. The summed E-state index contributed by atoms with van der Waals surface area (Å²) in [6.45, 7) is 6.55. The summed E-state index contributed by atoms with van der Waals surface area (Å²) in [6, 6.07) is 4.03. The van der Waals surface area contributed by atoms with E-state index in [4.69, 9.17) is 0 Å². The van der Waals surface area contributed by atoms with E-state index in [1.54, 1.807) is 11.9 Å². The minimum absolute atomic E-state index is 0.0274. The number of likely N-dealkylation sites (N-methyl/N-ethyl adjacent to an activating group) is 1. The maximum absolute atomic E-state index is 12.4. The summed E-state index contributed by atoms with van der Waals surface area (Å²) in [5.74, 6) is -0.426. The monoisotopic (exact) mass is 359 g/mol. The van der Waals surface area contributed by atoms with E-state index in [1.165, 1.54) is 4.90 Å². The van der Waals surface area contributed by atoms with Gasteiger partial charge in [-0.25, -0.2) is 0 Å². The van der Waals surface area contributed by atoms with Crippen molar-refractivity contribution in [1.82, 2.24) is 9.80 Å². The van der Waals surface area contributed by atoms with Crippen molar-refractivity contribution >= 4 is 23.4 Å². The van der Waals surface area contributed by atoms with Gasteiger partial charge < -0.3 is 15.1 Å². The van der Waals surface area contributed by atoms with E-state index in [0.717, 1.165) is 41.6 Å². The summed E-state index contributed by atoms with van der Waals surface area (Å²) in [6.07, 6.45) is 3.33. The van der Waals surface area contributed by atoms with Gasteiger partial charge in [0.2, 0.25) is 17.7 Å². The fourth-order valence-electron chi connectivity index (χ4n) is 3.35. The first kappa shape index (κ1) is 19.9. The summed E-state index contributed by atoms with van der Waals surface area (Å²) in [4.78, 5) is 39.7. The van der Waals surface area contributed by atoms with Crippen LogP contribution in [-0.2, 0) is 14.4 Å². The Morgan fingerprint density at radius 1 is 1.12 bits per heavy atom. The van der Waals surface area contributed by atoms with Crippen molar-refractivity contribution < 1.29 is 14.4 Å². The summed E-state index contributed by atoms with van der Waals surface area (Å²) in [5.41, 5.74) is 3.94. The Balaban J connectivity index is 1.92. The Morgan fingerprint density at radius 2 is 1.77 bits per heavy atom. The second kappa shape index (κ2) is 8.83. The molecule has 1 saturated heterocycles. The maximum Gasteiger partial charge on any atom is 0.243 e. The highest BCUT2D eigenvalue weighted by Crippen LogP contribution is 2.21. The Morgan fingerprint density at radius 3 is 2.42 bits per heavy atom. The highest BCUT2D eigenvalue weighted by Gasteiger charge is 2.22. The molecule has 1 fully saturated rings. The average Bonchev–Trinajstić information content (AvgIpc) is 2.75. The van der Waals surface area contributed by atoms with E-state index in [9.17, 15) is 14.4 Å². The Kier molecular flexibility index (Phi) is 6.77. The van der Waals surface area contributed by atoms with Gasteiger partial charge in [0, 0.05) is 25.7 Å². The lowest BCUT2D eigenvalue weighted by atomic mass is 10.1. The molecule has 0 aromatic heterocycles. The van der Waals surface area contributed by atoms with Crippen LogP contribution in [0.25, 0.3) is 0 Å². The molecule has 142 valence electrons. The standard InChI is InChI=1S/C20H29N3O3/c1-14-10-15(2)20(16(3)11-14)21-17(24)12-22(4)19(26)13-23-9-7-5-6-8-18(23)25/h10-11H,5-9,12-13H2,1-4H3,(H,21,24). The lowest BCUT2D eigenvalue weighted by Crippen LogP contribution is -2.43. The SMILES string of the molecule is Cc1cc(C)c(NC(=O)CN(C)C(=O)CN2CCCCCC2=O)c(C)c1. The summed E-state index contributed by atoms with van der Waals surface area (Å²) in [7, 11) is 1.60. The molecule has 6 nitrogen and oxygen atoms in total. The lowest BCUT2D eigenvalue weighted by molar-refractivity contribution is -0.140. The van der Waals surface area contributed by atoms with Crippen molar-refractivity contribution in [2.75, 3.05) is 32.0 Å². The molecule has 0 saturated carbocycles. The molecule has 26 heavy (non-hydrogen) atoms. The lowest BCUT2D eigenvalue weighted by Gasteiger charge is -2.24. The predicted octanol–water partition coefficient (Wildman–Crippen LogP) is 2.41. The van der Waals surface area contributed by atoms with E-state index in [-0.39, 0.29) is 30.8 Å². The number of amides is 3. The fourth-order valence-corrected chi connectivity index (χ4v) is 3.35. The highest BCUT2D eigenvalue weighted by atomic mass is 16.2. The van der Waals surface area contributed by atoms with Gasteiger partial charge in [0.05, 0.1) is 13.1 Å². The van der Waals surface area contributed by atoms with Gasteiger partial charge in [-0.1, -0.05) is 24.1 Å². The zero-order valence-corrected chi connectivity index (χ0v) is 16.2. The van der Waals surface area contributed by atoms with Crippen LogP contribution >= 0.6 is 0 Å². The molecule has 0 spiro atoms. The number of likely N-dealkylation sites (tertiary alicyclic amines) is 1. The Hall–Kier alpha value is -2.37. The molecule has 0 unspecified atom stereocenters. The number of nitrogens with one attached hydrogen (secondary N) is 1. The molecule has 1 aromatic carbocycles. The minimum atomic E-state index is -0.238. The number of nitrogens with zero attached hydrogens (tertiary/aromatic N) is 2. The van der Waals surface area contributed by atoms with Crippen molar-refractivity contribution in [2.45, 2.75) is 46.5 Å². The van der Waals surface area contributed by atoms with Crippen molar-refractivity contribution in [3.63, 3.8) is 0 Å². The Bertz CT molecular complexity index is 677. The molecule has 1 aliphatic heterocycles. The number of carbonyl (C=O) groups is 3. The molecule has 0 radical (unpaired) electrons. The molecule has 1 aromatic rings. The van der Waals surface area contributed by atoms with Crippen LogP contribution in [0.3, 0.4) is 0 Å². The molecule has 1 aliphatic rings. The number of aryl methyl sites for hydroxylation is 3. The van der Waals surface area contributed by atoms with Crippen LogP contribution in [0.4, 0.5) is 5.69 Å². The van der Waals surface area contributed by atoms with Gasteiger partial charge in [-0.2, -0.15) is 0 Å². The number of rotatable bonds is 5. The van der Waals surface area contributed by atoms with Crippen LogP contribution in [0.2, 0.25) is 0 Å². The van der Waals surface area contributed by atoms with Crippen LogP contribution in [0.1, 0.15) is 42.4 Å². The molecule has 0 bridgehead atoms. The van der Waals surface area contributed by atoms with Crippen LogP contribution in [0.15, 0.2) is 12.1 Å². The van der Waals surface area contributed by atoms with Gasteiger partial charge in [0.15, 0.2) is 0 Å². The van der Waals surface area contributed by atoms with E-state index in [1.807, 2.05) is 32.9 Å². The molecule has 0 aliphatic carbocycles. The third-order valence-electron chi connectivity index (χ3n) is 4.75. The predicted molar refractivity (Wildman–Crippen MR) is 102 cm³/mol. The topological polar surface area (TPSA) is 69.7 Å². The van der Waals surface area contributed by atoms with Gasteiger partial charge in [0.1, 0.15) is 0 Å². The highest BCUT2D eigenvalue weighted by molar-refractivity contribution is 5.96. The van der Waals surface area contributed by atoms with Gasteiger partial charge in [-0.3, -0.25) is 14.4 Å². The van der Waals surface area contributed by atoms with E-state index < -0.39 is 0 Å². The fraction of sp³-hybridized carbons (Fsp3) is 0.550. The van der Waals surface area contributed by atoms with E-state index >= 15 is 0 Å². The second-order valence-corrected chi connectivity index (χ2v) is 7.20. The number of hydrogen-bond donors (Lipinski definition) is 1. The molecule has 1 N–H and O–H groups in total. The molecule has 1 heterocycles. The summed E-state index contributed by atoms with van der Waals surface area (Å²) < 4.78 is 0. The summed E-state index contributed by atoms with van der Waals surface area (Å²) in [5, 5.41) is 2.90. The van der Waals surface area contributed by atoms with Crippen LogP contribution in [-0.4, -0.2) is 54.2 Å². The third kappa shape index (κ3) is 5.31. The molecule has 6 heteroatoms. The number of anilines is 1. The number of carbonyl (C=O) groups excluding carboxylic acids is 3.